The van der Waals surface area contributed by atoms with Crippen molar-refractivity contribution in [1.29, 1.82) is 0 Å². The molecule has 0 heterocycles. The highest BCUT2D eigenvalue weighted by atomic mass is 16.3. The van der Waals surface area contributed by atoms with Crippen LogP contribution in [-0.2, 0) is 4.79 Å². The van der Waals surface area contributed by atoms with Gasteiger partial charge in [-0.2, -0.15) is 0 Å². The normalized spacial score (nSPS) is 16.8. The lowest BCUT2D eigenvalue weighted by molar-refractivity contribution is -0.132. The van der Waals surface area contributed by atoms with Crippen molar-refractivity contribution >= 4 is 5.78 Å². The van der Waals surface area contributed by atoms with Gasteiger partial charge in [0.25, 0.3) is 0 Å². The van der Waals surface area contributed by atoms with E-state index in [0.29, 0.717) is 12.8 Å². The lowest BCUT2D eigenvalue weighted by atomic mass is 9.74. The number of hydrogen-bond donors (Lipinski definition) is 2. The Hall–Kier alpha value is -0.670. The molecule has 0 bridgehead atoms. The Morgan fingerprint density at radius 3 is 2.47 bits per heavy atom. The van der Waals surface area contributed by atoms with E-state index in [1.165, 1.54) is 0 Å². The van der Waals surface area contributed by atoms with Gasteiger partial charge in [-0.3, -0.25) is 4.79 Å². The van der Waals surface area contributed by atoms with Gasteiger partial charge in [-0.15, -0.1) is 0 Å². The molecule has 3 heteroatoms. The monoisotopic (exact) mass is 214 g/mol. The molecule has 0 aliphatic rings. The zero-order chi connectivity index (χ0) is 11.9. The van der Waals surface area contributed by atoms with E-state index in [-0.39, 0.29) is 6.61 Å². The molecule has 0 saturated heterocycles. The van der Waals surface area contributed by atoms with Crippen LogP contribution >= 0.6 is 0 Å². The van der Waals surface area contributed by atoms with E-state index in [9.17, 15) is 15.0 Å². The average molecular weight is 214 g/mol. The van der Waals surface area contributed by atoms with Gasteiger partial charge in [0, 0.05) is 5.41 Å². The summed E-state index contributed by atoms with van der Waals surface area (Å²) in [6, 6.07) is 0. The minimum atomic E-state index is -1.13. The van der Waals surface area contributed by atoms with Gasteiger partial charge in [-0.25, -0.2) is 0 Å². The Morgan fingerprint density at radius 1 is 1.53 bits per heavy atom. The van der Waals surface area contributed by atoms with Crippen molar-refractivity contribution in [2.75, 3.05) is 6.61 Å². The molecule has 0 aromatic heterocycles. The summed E-state index contributed by atoms with van der Waals surface area (Å²) in [6.07, 6.45) is 3.13. The number of aliphatic hydroxyl groups is 2. The van der Waals surface area contributed by atoms with E-state index >= 15 is 0 Å². The number of rotatable bonds is 8. The summed E-state index contributed by atoms with van der Waals surface area (Å²) in [7, 11) is 0. The van der Waals surface area contributed by atoms with Crippen molar-refractivity contribution in [3.05, 3.63) is 12.7 Å². The Labute approximate surface area is 91.8 Å². The van der Waals surface area contributed by atoms with Gasteiger partial charge < -0.3 is 10.2 Å². The summed E-state index contributed by atoms with van der Waals surface area (Å²) >= 11 is 0. The van der Waals surface area contributed by atoms with Crippen LogP contribution in [0.1, 0.15) is 39.5 Å². The highest BCUT2D eigenvalue weighted by Crippen LogP contribution is 2.33. The predicted octanol–water partition coefficient (Wildman–Crippen LogP) is 1.68. The molecule has 0 amide bonds. The van der Waals surface area contributed by atoms with Gasteiger partial charge in [-0.1, -0.05) is 33.3 Å². The fourth-order valence-corrected chi connectivity index (χ4v) is 1.73. The van der Waals surface area contributed by atoms with E-state index in [1.54, 1.807) is 0 Å². The van der Waals surface area contributed by atoms with Crippen LogP contribution < -0.4 is 0 Å². The standard InChI is InChI=1S/C12H22O3/c1-4-7-8-12(6-3,9-13)11(15)10(14)5-2/h5,11,13,15H,2,4,6-9H2,1,3H3. The second-order valence-electron chi connectivity index (χ2n) is 3.99. The van der Waals surface area contributed by atoms with Crippen LogP contribution in [0.3, 0.4) is 0 Å². The van der Waals surface area contributed by atoms with Crippen LogP contribution in [0.4, 0.5) is 0 Å². The molecule has 0 aliphatic carbocycles. The number of unbranched alkanes of at least 4 members (excludes halogenated alkanes) is 1. The van der Waals surface area contributed by atoms with E-state index < -0.39 is 17.3 Å². The van der Waals surface area contributed by atoms with Gasteiger partial charge in [-0.05, 0) is 18.9 Å². The topological polar surface area (TPSA) is 57.5 Å². The third kappa shape index (κ3) is 3.43. The maximum atomic E-state index is 11.4. The molecule has 0 aliphatic heterocycles. The van der Waals surface area contributed by atoms with Gasteiger partial charge in [0.1, 0.15) is 6.10 Å². The highest BCUT2D eigenvalue weighted by Gasteiger charge is 2.38. The minimum Gasteiger partial charge on any atom is -0.396 e. The molecule has 88 valence electrons. The first-order valence-corrected chi connectivity index (χ1v) is 5.53. The molecule has 0 rings (SSSR count). The van der Waals surface area contributed by atoms with Gasteiger partial charge >= 0.3 is 0 Å². The SMILES string of the molecule is C=CC(=O)C(O)C(CC)(CO)CCCC. The second kappa shape index (κ2) is 6.75. The van der Waals surface area contributed by atoms with Gasteiger partial charge in [0.15, 0.2) is 5.78 Å². The van der Waals surface area contributed by atoms with Crippen LogP contribution in [0.15, 0.2) is 12.7 Å². The molecule has 15 heavy (non-hydrogen) atoms. The van der Waals surface area contributed by atoms with E-state index in [4.69, 9.17) is 0 Å². The molecule has 0 saturated carbocycles. The van der Waals surface area contributed by atoms with E-state index in [2.05, 4.69) is 6.58 Å². The number of aliphatic hydroxyl groups excluding tert-OH is 2. The largest absolute Gasteiger partial charge is 0.396 e. The van der Waals surface area contributed by atoms with Crippen LogP contribution in [0.5, 0.6) is 0 Å². The number of hydrogen-bond acceptors (Lipinski definition) is 3. The molecule has 0 spiro atoms. The van der Waals surface area contributed by atoms with Crippen LogP contribution in [-0.4, -0.2) is 28.7 Å². The smallest absolute Gasteiger partial charge is 0.184 e. The van der Waals surface area contributed by atoms with E-state index in [0.717, 1.165) is 18.9 Å². The zero-order valence-electron chi connectivity index (χ0n) is 9.70. The molecule has 2 N–H and O–H groups in total. The predicted molar refractivity (Wildman–Crippen MR) is 60.5 cm³/mol. The third-order valence-electron chi connectivity index (χ3n) is 3.10. The molecule has 2 atom stereocenters. The molecule has 2 unspecified atom stereocenters. The molecule has 3 nitrogen and oxygen atoms in total. The van der Waals surface area contributed by atoms with Crippen LogP contribution in [0, 0.1) is 5.41 Å². The quantitative estimate of drug-likeness (QED) is 0.604. The molecule has 0 fully saturated rings. The Morgan fingerprint density at radius 2 is 2.13 bits per heavy atom. The van der Waals surface area contributed by atoms with E-state index in [1.807, 2.05) is 13.8 Å². The Bertz CT molecular complexity index is 207. The lowest BCUT2D eigenvalue weighted by Crippen LogP contribution is -2.42. The lowest BCUT2D eigenvalue weighted by Gasteiger charge is -2.34. The first-order valence-electron chi connectivity index (χ1n) is 5.53. The van der Waals surface area contributed by atoms with Gasteiger partial charge in [0.05, 0.1) is 6.61 Å². The van der Waals surface area contributed by atoms with Crippen molar-refractivity contribution in [3.8, 4) is 0 Å². The number of carbonyl (C=O) groups is 1. The molecule has 0 aromatic carbocycles. The minimum absolute atomic E-state index is 0.162. The van der Waals surface area contributed by atoms with Crippen molar-refractivity contribution in [1.82, 2.24) is 0 Å². The van der Waals surface area contributed by atoms with Gasteiger partial charge in [0.2, 0.25) is 0 Å². The fourth-order valence-electron chi connectivity index (χ4n) is 1.73. The van der Waals surface area contributed by atoms with Crippen LogP contribution in [0.2, 0.25) is 0 Å². The first-order chi connectivity index (χ1) is 7.07. The summed E-state index contributed by atoms with van der Waals surface area (Å²) < 4.78 is 0. The number of ketones is 1. The first kappa shape index (κ1) is 14.3. The molecular weight excluding hydrogens is 192 g/mol. The third-order valence-corrected chi connectivity index (χ3v) is 3.10. The van der Waals surface area contributed by atoms with Crippen molar-refractivity contribution in [3.63, 3.8) is 0 Å². The van der Waals surface area contributed by atoms with Crippen LogP contribution in [0.25, 0.3) is 0 Å². The highest BCUT2D eigenvalue weighted by molar-refractivity contribution is 5.93. The fraction of sp³-hybridized carbons (Fsp3) is 0.750. The summed E-state index contributed by atoms with van der Waals surface area (Å²) in [5, 5.41) is 19.2. The summed E-state index contributed by atoms with van der Waals surface area (Å²) in [6.45, 7) is 7.11. The second-order valence-corrected chi connectivity index (χ2v) is 3.99. The van der Waals surface area contributed by atoms with Crippen molar-refractivity contribution in [2.24, 2.45) is 5.41 Å². The average Bonchev–Trinajstić information content (AvgIpc) is 2.29. The van der Waals surface area contributed by atoms with Crippen molar-refractivity contribution < 1.29 is 15.0 Å². The molecule has 0 aromatic rings. The maximum Gasteiger partial charge on any atom is 0.184 e. The molecule has 0 radical (unpaired) electrons. The summed E-state index contributed by atoms with van der Waals surface area (Å²) in [5.74, 6) is -0.401. The summed E-state index contributed by atoms with van der Waals surface area (Å²) in [4.78, 5) is 11.4. The zero-order valence-corrected chi connectivity index (χ0v) is 9.70. The maximum absolute atomic E-state index is 11.4. The molecular formula is C12H22O3. The van der Waals surface area contributed by atoms with Crippen molar-refractivity contribution in [2.45, 2.75) is 45.6 Å². The number of carbonyl (C=O) groups excluding carboxylic acids is 1. The summed E-state index contributed by atoms with van der Waals surface area (Å²) in [5.41, 5.74) is -0.693. The Kier molecular flexibility index (Phi) is 6.45. The Balaban J connectivity index is 4.73.